The lowest BCUT2D eigenvalue weighted by atomic mass is 10.2. The van der Waals surface area contributed by atoms with Gasteiger partial charge < -0.3 is 14.7 Å². The third-order valence-corrected chi connectivity index (χ3v) is 2.82. The van der Waals surface area contributed by atoms with Crippen molar-refractivity contribution in [2.24, 2.45) is 0 Å². The van der Waals surface area contributed by atoms with Crippen molar-refractivity contribution in [3.05, 3.63) is 35.9 Å². The lowest BCUT2D eigenvalue weighted by Gasteiger charge is -2.34. The van der Waals surface area contributed by atoms with Crippen LogP contribution in [0.5, 0.6) is 5.75 Å². The minimum atomic E-state index is -1.54. The number of carboxylic acid groups (broad SMARTS) is 1. The molecule has 8 heteroatoms. The van der Waals surface area contributed by atoms with Gasteiger partial charge in [-0.05, 0) is 19.1 Å². The first-order chi connectivity index (χ1) is 9.82. The molecule has 1 N–H and O–H groups in total. The summed E-state index contributed by atoms with van der Waals surface area (Å²) in [7, 11) is 0. The molecule has 1 aliphatic heterocycles. The number of aliphatic carboxylic acids is 1. The van der Waals surface area contributed by atoms with E-state index in [0.717, 1.165) is 11.1 Å². The van der Waals surface area contributed by atoms with E-state index in [4.69, 9.17) is 14.7 Å². The summed E-state index contributed by atoms with van der Waals surface area (Å²) < 4.78 is 31.9. The first-order valence-electron chi connectivity index (χ1n) is 5.87. The Morgan fingerprint density at radius 1 is 1.48 bits per heavy atom. The van der Waals surface area contributed by atoms with Crippen LogP contribution in [0.2, 0.25) is 0 Å². The smallest absolute Gasteiger partial charge is 0.369 e. The van der Waals surface area contributed by atoms with Gasteiger partial charge in [-0.1, -0.05) is 6.58 Å². The Labute approximate surface area is 118 Å². The molecule has 21 heavy (non-hydrogen) atoms. The summed E-state index contributed by atoms with van der Waals surface area (Å²) >= 11 is 0. The van der Waals surface area contributed by atoms with E-state index in [9.17, 15) is 18.4 Å². The molecule has 6 nitrogen and oxygen atoms in total. The summed E-state index contributed by atoms with van der Waals surface area (Å²) in [6, 6.07) is 1.50. The number of carbonyl (C=O) groups excluding carboxylic acids is 1. The number of halogens is 2. The summed E-state index contributed by atoms with van der Waals surface area (Å²) in [5, 5.41) is 9.64. The SMILES string of the molecule is C=C(C(=O)O)C(=O)ON1c2ccc(F)c(F)c2OC[C@@H]1C. The summed E-state index contributed by atoms with van der Waals surface area (Å²) in [5.74, 6) is -5.46. The van der Waals surface area contributed by atoms with Gasteiger partial charge in [-0.2, -0.15) is 9.45 Å². The third-order valence-electron chi connectivity index (χ3n) is 2.82. The van der Waals surface area contributed by atoms with E-state index in [-0.39, 0.29) is 12.3 Å². The van der Waals surface area contributed by atoms with Crippen molar-refractivity contribution in [3.8, 4) is 5.75 Å². The van der Waals surface area contributed by atoms with E-state index in [1.165, 1.54) is 6.07 Å². The quantitative estimate of drug-likeness (QED) is 0.519. The van der Waals surface area contributed by atoms with Crippen LogP contribution in [-0.2, 0) is 14.4 Å². The van der Waals surface area contributed by atoms with Crippen molar-refractivity contribution in [3.63, 3.8) is 0 Å². The maximum atomic E-state index is 13.6. The van der Waals surface area contributed by atoms with Crippen LogP contribution in [0.25, 0.3) is 0 Å². The molecular formula is C13H11F2NO5. The summed E-state index contributed by atoms with van der Waals surface area (Å²) in [6.45, 7) is 4.60. The monoisotopic (exact) mass is 299 g/mol. The zero-order valence-electron chi connectivity index (χ0n) is 10.9. The second-order valence-corrected chi connectivity index (χ2v) is 4.36. The fraction of sp³-hybridized carbons (Fsp3) is 0.231. The highest BCUT2D eigenvalue weighted by Crippen LogP contribution is 2.37. The minimum absolute atomic E-state index is 0.0146. The van der Waals surface area contributed by atoms with Crippen molar-refractivity contribution < 1.29 is 33.1 Å². The molecule has 0 aromatic heterocycles. The lowest BCUT2D eigenvalue weighted by Crippen LogP contribution is -2.43. The van der Waals surface area contributed by atoms with Crippen LogP contribution in [0, 0.1) is 11.6 Å². The number of hydrogen-bond donors (Lipinski definition) is 1. The number of nitrogens with zero attached hydrogens (tertiary/aromatic N) is 1. The lowest BCUT2D eigenvalue weighted by molar-refractivity contribution is -0.146. The molecule has 0 aliphatic carbocycles. The van der Waals surface area contributed by atoms with Crippen molar-refractivity contribution in [2.75, 3.05) is 11.7 Å². The number of anilines is 1. The third kappa shape index (κ3) is 2.64. The molecule has 0 bridgehead atoms. The van der Waals surface area contributed by atoms with Crippen molar-refractivity contribution in [1.82, 2.24) is 0 Å². The topological polar surface area (TPSA) is 76.1 Å². The normalized spacial score (nSPS) is 16.7. The Morgan fingerprint density at radius 2 is 2.14 bits per heavy atom. The fourth-order valence-corrected chi connectivity index (χ4v) is 1.71. The van der Waals surface area contributed by atoms with Crippen LogP contribution >= 0.6 is 0 Å². The van der Waals surface area contributed by atoms with Gasteiger partial charge >= 0.3 is 11.9 Å². The second-order valence-electron chi connectivity index (χ2n) is 4.36. The van der Waals surface area contributed by atoms with Crippen LogP contribution in [0.4, 0.5) is 14.5 Å². The fourth-order valence-electron chi connectivity index (χ4n) is 1.71. The average Bonchev–Trinajstić information content (AvgIpc) is 2.44. The van der Waals surface area contributed by atoms with Crippen LogP contribution < -0.4 is 9.80 Å². The number of carbonyl (C=O) groups is 2. The first-order valence-corrected chi connectivity index (χ1v) is 5.87. The standard InChI is InChI=1S/C13H11F2NO5/c1-6-5-20-11-9(4-3-8(14)10(11)15)16(6)21-13(19)7(2)12(17)18/h3-4,6H,2,5H2,1H3,(H,17,18)/t6-/m0/s1. The Hall–Kier alpha value is -2.64. The van der Waals surface area contributed by atoms with E-state index in [1.54, 1.807) is 6.92 Å². The molecule has 0 radical (unpaired) electrons. The highest BCUT2D eigenvalue weighted by Gasteiger charge is 2.32. The van der Waals surface area contributed by atoms with Gasteiger partial charge in [-0.3, -0.25) is 0 Å². The molecule has 0 saturated heterocycles. The van der Waals surface area contributed by atoms with Gasteiger partial charge in [0.1, 0.15) is 17.9 Å². The molecule has 2 rings (SSSR count). The van der Waals surface area contributed by atoms with Gasteiger partial charge in [-0.25, -0.2) is 14.0 Å². The second kappa shape index (κ2) is 5.39. The Balaban J connectivity index is 2.33. The van der Waals surface area contributed by atoms with Crippen molar-refractivity contribution >= 4 is 17.6 Å². The van der Waals surface area contributed by atoms with E-state index >= 15 is 0 Å². The highest BCUT2D eigenvalue weighted by atomic mass is 19.2. The van der Waals surface area contributed by atoms with E-state index in [2.05, 4.69) is 6.58 Å². The van der Waals surface area contributed by atoms with Crippen LogP contribution in [0.1, 0.15) is 6.92 Å². The van der Waals surface area contributed by atoms with E-state index in [0.29, 0.717) is 0 Å². The zero-order valence-corrected chi connectivity index (χ0v) is 10.9. The average molecular weight is 299 g/mol. The number of fused-ring (bicyclic) bond motifs is 1. The number of hydroxylamine groups is 1. The molecule has 0 amide bonds. The summed E-state index contributed by atoms with van der Waals surface area (Å²) in [6.07, 6.45) is 0. The molecule has 1 aromatic rings. The summed E-state index contributed by atoms with van der Waals surface area (Å²) in [4.78, 5) is 27.2. The maximum Gasteiger partial charge on any atom is 0.369 e. The van der Waals surface area contributed by atoms with Gasteiger partial charge in [0.05, 0.1) is 6.04 Å². The van der Waals surface area contributed by atoms with Crippen LogP contribution in [0.3, 0.4) is 0 Å². The minimum Gasteiger partial charge on any atom is -0.486 e. The van der Waals surface area contributed by atoms with Gasteiger partial charge in [0.25, 0.3) is 0 Å². The molecule has 112 valence electrons. The number of benzene rings is 1. The molecule has 1 atom stereocenters. The summed E-state index contributed by atoms with van der Waals surface area (Å²) in [5.41, 5.74) is -0.794. The van der Waals surface area contributed by atoms with E-state index < -0.39 is 40.9 Å². The number of hydrogen-bond acceptors (Lipinski definition) is 5. The Kier molecular flexibility index (Phi) is 3.79. The zero-order chi connectivity index (χ0) is 15.7. The van der Waals surface area contributed by atoms with Crippen LogP contribution in [0.15, 0.2) is 24.3 Å². The predicted octanol–water partition coefficient (Wildman–Crippen LogP) is 1.65. The Morgan fingerprint density at radius 3 is 2.76 bits per heavy atom. The molecule has 1 aromatic carbocycles. The molecule has 0 unspecified atom stereocenters. The van der Waals surface area contributed by atoms with Gasteiger partial charge in [-0.15, -0.1) is 0 Å². The van der Waals surface area contributed by atoms with Gasteiger partial charge in [0, 0.05) is 0 Å². The molecule has 0 fully saturated rings. The van der Waals surface area contributed by atoms with Gasteiger partial charge in [0.15, 0.2) is 11.6 Å². The van der Waals surface area contributed by atoms with Crippen molar-refractivity contribution in [2.45, 2.75) is 13.0 Å². The van der Waals surface area contributed by atoms with Crippen LogP contribution in [-0.4, -0.2) is 29.7 Å². The maximum absolute atomic E-state index is 13.6. The molecule has 1 aliphatic rings. The Bertz CT molecular complexity index is 631. The molecule has 0 saturated carbocycles. The first kappa shape index (κ1) is 14.8. The van der Waals surface area contributed by atoms with Crippen molar-refractivity contribution in [1.29, 1.82) is 0 Å². The largest absolute Gasteiger partial charge is 0.486 e. The van der Waals surface area contributed by atoms with E-state index in [1.807, 2.05) is 0 Å². The number of ether oxygens (including phenoxy) is 1. The molecular weight excluding hydrogens is 288 g/mol. The number of carboxylic acids is 1. The predicted molar refractivity (Wildman–Crippen MR) is 66.7 cm³/mol. The molecule has 0 spiro atoms. The molecule has 1 heterocycles. The number of rotatable bonds is 3. The van der Waals surface area contributed by atoms with Gasteiger partial charge in [0.2, 0.25) is 5.82 Å². The highest BCUT2D eigenvalue weighted by molar-refractivity contribution is 6.12.